The fourth-order valence-corrected chi connectivity index (χ4v) is 2.60. The lowest BCUT2D eigenvalue weighted by Crippen LogP contribution is -2.43. The molecule has 1 saturated carbocycles. The predicted octanol–water partition coefficient (Wildman–Crippen LogP) is -0.118. The van der Waals surface area contributed by atoms with Crippen molar-refractivity contribution in [3.8, 4) is 0 Å². The SMILES string of the molecule is CNC1C2C=CC(C2)C1C(N)=O. The summed E-state index contributed by atoms with van der Waals surface area (Å²) >= 11 is 0. The third-order valence-corrected chi connectivity index (χ3v) is 3.12. The fraction of sp³-hybridized carbons (Fsp3) is 0.667. The highest BCUT2D eigenvalue weighted by Crippen LogP contribution is 2.43. The van der Waals surface area contributed by atoms with Crippen molar-refractivity contribution < 1.29 is 4.79 Å². The number of fused-ring (bicyclic) bond motifs is 2. The van der Waals surface area contributed by atoms with Gasteiger partial charge in [0, 0.05) is 6.04 Å². The standard InChI is InChI=1S/C9H14N2O/c1-11-8-6-3-2-5(4-6)7(8)9(10)12/h2-3,5-8,11H,4H2,1H3,(H2,10,12). The molecule has 12 heavy (non-hydrogen) atoms. The monoisotopic (exact) mass is 166 g/mol. The van der Waals surface area contributed by atoms with Crippen LogP contribution in [-0.4, -0.2) is 19.0 Å². The van der Waals surface area contributed by atoms with Crippen LogP contribution in [0.25, 0.3) is 0 Å². The van der Waals surface area contributed by atoms with Gasteiger partial charge in [-0.3, -0.25) is 4.79 Å². The maximum atomic E-state index is 11.1. The number of amides is 1. The maximum Gasteiger partial charge on any atom is 0.222 e. The Morgan fingerprint density at radius 1 is 1.50 bits per heavy atom. The number of carbonyl (C=O) groups excluding carboxylic acids is 1. The van der Waals surface area contributed by atoms with Gasteiger partial charge in [0.25, 0.3) is 0 Å². The van der Waals surface area contributed by atoms with E-state index in [-0.39, 0.29) is 17.9 Å². The minimum absolute atomic E-state index is 0.0185. The molecule has 0 aromatic heterocycles. The van der Waals surface area contributed by atoms with Gasteiger partial charge in [0.15, 0.2) is 0 Å². The second-order valence-electron chi connectivity index (χ2n) is 3.69. The Labute approximate surface area is 72.0 Å². The van der Waals surface area contributed by atoms with E-state index in [2.05, 4.69) is 17.5 Å². The van der Waals surface area contributed by atoms with Crippen LogP contribution in [0.1, 0.15) is 6.42 Å². The molecule has 1 amide bonds. The van der Waals surface area contributed by atoms with E-state index in [1.807, 2.05) is 7.05 Å². The highest BCUT2D eigenvalue weighted by Gasteiger charge is 2.46. The van der Waals surface area contributed by atoms with Crippen molar-refractivity contribution >= 4 is 5.91 Å². The summed E-state index contributed by atoms with van der Waals surface area (Å²) in [7, 11) is 1.90. The fourth-order valence-electron chi connectivity index (χ4n) is 2.60. The molecule has 3 heteroatoms. The van der Waals surface area contributed by atoms with Crippen LogP contribution < -0.4 is 11.1 Å². The Bertz CT molecular complexity index is 237. The van der Waals surface area contributed by atoms with Gasteiger partial charge in [-0.25, -0.2) is 0 Å². The van der Waals surface area contributed by atoms with Crippen LogP contribution in [0.5, 0.6) is 0 Å². The van der Waals surface area contributed by atoms with Crippen LogP contribution >= 0.6 is 0 Å². The van der Waals surface area contributed by atoms with Gasteiger partial charge in [0.1, 0.15) is 0 Å². The average Bonchev–Trinajstić information content (AvgIpc) is 2.60. The van der Waals surface area contributed by atoms with E-state index >= 15 is 0 Å². The van der Waals surface area contributed by atoms with Crippen LogP contribution in [0.2, 0.25) is 0 Å². The lowest BCUT2D eigenvalue weighted by molar-refractivity contribution is -0.123. The zero-order chi connectivity index (χ0) is 8.72. The molecule has 2 bridgehead atoms. The van der Waals surface area contributed by atoms with E-state index in [1.54, 1.807) is 0 Å². The Morgan fingerprint density at radius 3 is 2.67 bits per heavy atom. The smallest absolute Gasteiger partial charge is 0.222 e. The van der Waals surface area contributed by atoms with E-state index in [9.17, 15) is 4.79 Å². The first kappa shape index (κ1) is 7.80. The van der Waals surface area contributed by atoms with Gasteiger partial charge in [-0.15, -0.1) is 0 Å². The van der Waals surface area contributed by atoms with Gasteiger partial charge in [-0.05, 0) is 25.3 Å². The van der Waals surface area contributed by atoms with E-state index in [0.717, 1.165) is 6.42 Å². The zero-order valence-corrected chi connectivity index (χ0v) is 7.16. The van der Waals surface area contributed by atoms with Crippen LogP contribution in [0.4, 0.5) is 0 Å². The molecule has 0 heterocycles. The lowest BCUT2D eigenvalue weighted by Gasteiger charge is -2.24. The number of hydrogen-bond acceptors (Lipinski definition) is 2. The van der Waals surface area contributed by atoms with Crippen LogP contribution in [0.15, 0.2) is 12.2 Å². The molecule has 4 atom stereocenters. The molecule has 0 aromatic carbocycles. The normalized spacial score (nSPS) is 43.8. The molecular weight excluding hydrogens is 152 g/mol. The van der Waals surface area contributed by atoms with Crippen molar-refractivity contribution in [1.29, 1.82) is 0 Å². The molecule has 0 aromatic rings. The Balaban J connectivity index is 2.23. The molecule has 2 aliphatic carbocycles. The lowest BCUT2D eigenvalue weighted by atomic mass is 9.88. The van der Waals surface area contributed by atoms with Gasteiger partial charge in [-0.2, -0.15) is 0 Å². The topological polar surface area (TPSA) is 55.1 Å². The molecule has 3 nitrogen and oxygen atoms in total. The summed E-state index contributed by atoms with van der Waals surface area (Å²) < 4.78 is 0. The average molecular weight is 166 g/mol. The van der Waals surface area contributed by atoms with E-state index < -0.39 is 0 Å². The highest BCUT2D eigenvalue weighted by atomic mass is 16.1. The quantitative estimate of drug-likeness (QED) is 0.562. The number of hydrogen-bond donors (Lipinski definition) is 2. The first-order valence-electron chi connectivity index (χ1n) is 4.39. The van der Waals surface area contributed by atoms with Crippen LogP contribution in [-0.2, 0) is 4.79 Å². The van der Waals surface area contributed by atoms with Crippen molar-refractivity contribution in [2.24, 2.45) is 23.5 Å². The van der Waals surface area contributed by atoms with Gasteiger partial charge < -0.3 is 11.1 Å². The number of rotatable bonds is 2. The molecule has 2 aliphatic rings. The molecule has 0 radical (unpaired) electrons. The molecule has 0 aliphatic heterocycles. The summed E-state index contributed by atoms with van der Waals surface area (Å²) in [5.74, 6) is 0.777. The van der Waals surface area contributed by atoms with Crippen molar-refractivity contribution in [2.45, 2.75) is 12.5 Å². The molecule has 0 saturated heterocycles. The van der Waals surface area contributed by atoms with E-state index in [1.165, 1.54) is 0 Å². The molecule has 0 spiro atoms. The second kappa shape index (κ2) is 2.59. The third-order valence-electron chi connectivity index (χ3n) is 3.12. The maximum absolute atomic E-state index is 11.1. The summed E-state index contributed by atoms with van der Waals surface area (Å²) in [6.07, 6.45) is 5.43. The minimum Gasteiger partial charge on any atom is -0.369 e. The molecule has 66 valence electrons. The van der Waals surface area contributed by atoms with Crippen molar-refractivity contribution in [3.05, 3.63) is 12.2 Å². The number of carbonyl (C=O) groups is 1. The summed E-state index contributed by atoms with van der Waals surface area (Å²) in [6.45, 7) is 0. The molecule has 2 rings (SSSR count). The van der Waals surface area contributed by atoms with E-state index in [4.69, 9.17) is 5.73 Å². The van der Waals surface area contributed by atoms with Crippen LogP contribution in [0.3, 0.4) is 0 Å². The highest BCUT2D eigenvalue weighted by molar-refractivity contribution is 5.79. The second-order valence-corrected chi connectivity index (χ2v) is 3.69. The van der Waals surface area contributed by atoms with E-state index in [0.29, 0.717) is 11.8 Å². The number of nitrogens with two attached hydrogens (primary N) is 1. The largest absolute Gasteiger partial charge is 0.369 e. The first-order valence-corrected chi connectivity index (χ1v) is 4.39. The number of nitrogens with one attached hydrogen (secondary N) is 1. The van der Waals surface area contributed by atoms with Gasteiger partial charge in [0.05, 0.1) is 5.92 Å². The first-order chi connectivity index (χ1) is 5.74. The number of primary amides is 1. The van der Waals surface area contributed by atoms with Crippen molar-refractivity contribution in [2.75, 3.05) is 7.05 Å². The Morgan fingerprint density at radius 2 is 2.17 bits per heavy atom. The summed E-state index contributed by atoms with van der Waals surface area (Å²) in [5, 5.41) is 3.17. The molecular formula is C9H14N2O. The van der Waals surface area contributed by atoms with Crippen LogP contribution in [0, 0.1) is 17.8 Å². The molecule has 4 unspecified atom stereocenters. The Kier molecular flexibility index (Phi) is 1.68. The van der Waals surface area contributed by atoms with Crippen molar-refractivity contribution in [1.82, 2.24) is 5.32 Å². The molecule has 3 N–H and O–H groups in total. The van der Waals surface area contributed by atoms with Gasteiger partial charge >= 0.3 is 0 Å². The summed E-state index contributed by atoms with van der Waals surface area (Å²) in [5.41, 5.74) is 5.34. The summed E-state index contributed by atoms with van der Waals surface area (Å²) in [6, 6.07) is 0.275. The Hall–Kier alpha value is -0.830. The molecule has 1 fully saturated rings. The summed E-state index contributed by atoms with van der Waals surface area (Å²) in [4.78, 5) is 11.1. The van der Waals surface area contributed by atoms with Gasteiger partial charge in [-0.1, -0.05) is 12.2 Å². The van der Waals surface area contributed by atoms with Gasteiger partial charge in [0.2, 0.25) is 5.91 Å². The third kappa shape index (κ3) is 0.894. The van der Waals surface area contributed by atoms with Crippen molar-refractivity contribution in [3.63, 3.8) is 0 Å². The number of allylic oxidation sites excluding steroid dienone is 1. The predicted molar refractivity (Wildman–Crippen MR) is 46.3 cm³/mol. The minimum atomic E-state index is -0.161. The zero-order valence-electron chi connectivity index (χ0n) is 7.16.